The third-order valence-corrected chi connectivity index (χ3v) is 8.40. The fourth-order valence-electron chi connectivity index (χ4n) is 3.96. The number of carbonyl (C=O) groups is 2. The van der Waals surface area contributed by atoms with Crippen molar-refractivity contribution >= 4 is 79.7 Å². The molecule has 11 heteroatoms. The van der Waals surface area contributed by atoms with Crippen molar-refractivity contribution in [3.8, 4) is 17.5 Å². The number of para-hydroxylation sites is 1. The molecule has 0 aliphatic carbocycles. The van der Waals surface area contributed by atoms with E-state index in [4.69, 9.17) is 27.9 Å². The van der Waals surface area contributed by atoms with Crippen LogP contribution in [0.4, 0.5) is 5.69 Å². The van der Waals surface area contributed by atoms with Crippen molar-refractivity contribution in [3.63, 3.8) is 0 Å². The molecule has 0 saturated carbocycles. The van der Waals surface area contributed by atoms with Crippen LogP contribution >= 0.6 is 50.5 Å². The molecule has 0 unspecified atom stereocenters. The molecule has 5 rings (SSSR count). The summed E-state index contributed by atoms with van der Waals surface area (Å²) in [5, 5.41) is 13.2. The summed E-state index contributed by atoms with van der Waals surface area (Å²) in [6, 6.07) is 28.6. The zero-order valence-electron chi connectivity index (χ0n) is 21.9. The monoisotopic (exact) mass is 689 g/mol. The minimum atomic E-state index is -0.713. The SMILES string of the molecule is N#C/C(C(=O)Nc1ccc(Cl)c(Cl)c1)=c1\s/c(=C/c2ccc(OC(=O)c3ccc(Br)cc3)cc2)c(=O)n1-c1ccccc1. The van der Waals surface area contributed by atoms with Crippen LogP contribution in [0.15, 0.2) is 106 Å². The van der Waals surface area contributed by atoms with Crippen molar-refractivity contribution in [1.29, 1.82) is 5.26 Å². The number of halogens is 3. The first-order valence-electron chi connectivity index (χ1n) is 12.5. The number of rotatable bonds is 6. The molecule has 4 aromatic carbocycles. The first-order chi connectivity index (χ1) is 20.7. The molecule has 0 aliphatic heterocycles. The maximum absolute atomic E-state index is 13.7. The summed E-state index contributed by atoms with van der Waals surface area (Å²) in [5.74, 6) is -0.885. The van der Waals surface area contributed by atoms with Crippen LogP contribution in [0.5, 0.6) is 5.75 Å². The van der Waals surface area contributed by atoms with Crippen molar-refractivity contribution in [2.45, 2.75) is 0 Å². The maximum Gasteiger partial charge on any atom is 0.343 e. The topological polar surface area (TPSA) is 101 Å². The number of ether oxygens (including phenoxy) is 1. The smallest absolute Gasteiger partial charge is 0.343 e. The van der Waals surface area contributed by atoms with E-state index in [0.29, 0.717) is 33.3 Å². The number of carbonyl (C=O) groups excluding carboxylic acids is 2. The molecule has 1 aromatic heterocycles. The Morgan fingerprint density at radius 2 is 1.63 bits per heavy atom. The second kappa shape index (κ2) is 13.2. The van der Waals surface area contributed by atoms with Gasteiger partial charge in [0, 0.05) is 10.2 Å². The van der Waals surface area contributed by atoms with Crippen molar-refractivity contribution in [2.24, 2.45) is 0 Å². The van der Waals surface area contributed by atoms with Crippen molar-refractivity contribution < 1.29 is 14.3 Å². The highest BCUT2D eigenvalue weighted by Gasteiger charge is 2.18. The van der Waals surface area contributed by atoms with Crippen LogP contribution in [0.25, 0.3) is 17.3 Å². The quantitative estimate of drug-likeness (QED) is 0.166. The standard InChI is InChI=1S/C32H18BrCl2N3O4S/c33-21-10-8-20(9-11-21)32(41)42-24-13-6-19(7-14-24)16-28-30(40)38(23-4-2-1-3-5-23)31(43-28)25(18-36)29(39)37-22-12-15-26(34)27(35)17-22/h1-17H,(H,37,39)/b28-16+,31-25+. The molecule has 1 amide bonds. The third kappa shape index (κ3) is 6.96. The van der Waals surface area contributed by atoms with Crippen molar-refractivity contribution in [2.75, 3.05) is 5.32 Å². The summed E-state index contributed by atoms with van der Waals surface area (Å²) < 4.78 is 8.07. The summed E-state index contributed by atoms with van der Waals surface area (Å²) in [4.78, 5) is 39.3. The lowest BCUT2D eigenvalue weighted by Crippen LogP contribution is -2.32. The Kier molecular flexibility index (Phi) is 9.24. The number of amides is 1. The number of nitrogens with one attached hydrogen (secondary N) is 1. The van der Waals surface area contributed by atoms with E-state index < -0.39 is 17.4 Å². The number of esters is 1. The first kappa shape index (κ1) is 30.0. The maximum atomic E-state index is 13.7. The van der Waals surface area contributed by atoms with E-state index in [1.54, 1.807) is 91.0 Å². The summed E-state index contributed by atoms with van der Waals surface area (Å²) in [5.41, 5.74) is 1.21. The average molecular weight is 691 g/mol. The van der Waals surface area contributed by atoms with E-state index in [-0.39, 0.29) is 19.8 Å². The number of nitriles is 1. The Morgan fingerprint density at radius 1 is 0.930 bits per heavy atom. The highest BCUT2D eigenvalue weighted by atomic mass is 79.9. The first-order valence-corrected chi connectivity index (χ1v) is 14.9. The number of benzene rings is 4. The Labute approximate surface area is 267 Å². The predicted molar refractivity (Wildman–Crippen MR) is 172 cm³/mol. The highest BCUT2D eigenvalue weighted by Crippen LogP contribution is 2.25. The van der Waals surface area contributed by atoms with Gasteiger partial charge in [-0.2, -0.15) is 5.26 Å². The van der Waals surface area contributed by atoms with E-state index in [1.165, 1.54) is 16.7 Å². The van der Waals surface area contributed by atoms with Crippen LogP contribution in [0.1, 0.15) is 15.9 Å². The fourth-order valence-corrected chi connectivity index (χ4v) is 5.62. The second-order valence-corrected chi connectivity index (χ2v) is 11.7. The zero-order valence-corrected chi connectivity index (χ0v) is 25.8. The number of aromatic nitrogens is 1. The lowest BCUT2D eigenvalue weighted by atomic mass is 10.2. The summed E-state index contributed by atoms with van der Waals surface area (Å²) >= 11 is 16.4. The van der Waals surface area contributed by atoms with E-state index in [9.17, 15) is 19.6 Å². The van der Waals surface area contributed by atoms with Crippen molar-refractivity contribution in [1.82, 2.24) is 4.57 Å². The van der Waals surface area contributed by atoms with Gasteiger partial charge in [-0.25, -0.2) is 4.79 Å². The van der Waals surface area contributed by atoms with E-state index in [0.717, 1.165) is 15.8 Å². The lowest BCUT2D eigenvalue weighted by Gasteiger charge is -2.06. The predicted octanol–water partition coefficient (Wildman–Crippen LogP) is 6.33. The zero-order chi connectivity index (χ0) is 30.5. The Morgan fingerprint density at radius 3 is 2.28 bits per heavy atom. The summed E-state index contributed by atoms with van der Waals surface area (Å²) in [6.45, 7) is 0. The molecule has 1 N–H and O–H groups in total. The fraction of sp³-hybridized carbons (Fsp3) is 0. The molecule has 0 spiro atoms. The van der Waals surface area contributed by atoms with Crippen LogP contribution < -0.4 is 24.8 Å². The summed E-state index contributed by atoms with van der Waals surface area (Å²) in [7, 11) is 0. The number of hydrogen-bond acceptors (Lipinski definition) is 6. The van der Waals surface area contributed by atoms with Gasteiger partial charge >= 0.3 is 5.97 Å². The summed E-state index contributed by atoms with van der Waals surface area (Å²) in [6.07, 6.45) is 1.64. The molecule has 0 radical (unpaired) electrons. The second-order valence-electron chi connectivity index (χ2n) is 8.93. The molecule has 0 saturated heterocycles. The molecule has 0 fully saturated rings. The van der Waals surface area contributed by atoms with Gasteiger partial charge in [-0.1, -0.05) is 69.5 Å². The van der Waals surface area contributed by atoms with Crippen molar-refractivity contribution in [3.05, 3.63) is 142 Å². The molecule has 0 atom stereocenters. The van der Waals surface area contributed by atoms with Gasteiger partial charge in [0.05, 0.1) is 25.8 Å². The van der Waals surface area contributed by atoms with E-state index in [2.05, 4.69) is 21.2 Å². The molecule has 5 aromatic rings. The number of hydrogen-bond donors (Lipinski definition) is 1. The normalized spacial score (nSPS) is 11.9. The lowest BCUT2D eigenvalue weighted by molar-refractivity contribution is -0.111. The molecule has 0 bridgehead atoms. The van der Waals surface area contributed by atoms with Gasteiger partial charge in [0.1, 0.15) is 16.5 Å². The van der Waals surface area contributed by atoms with Gasteiger partial charge in [0.25, 0.3) is 11.5 Å². The van der Waals surface area contributed by atoms with E-state index >= 15 is 0 Å². The van der Waals surface area contributed by atoms with Gasteiger partial charge in [0.15, 0.2) is 5.57 Å². The Hall–Kier alpha value is -4.46. The number of thiazole rings is 1. The van der Waals surface area contributed by atoms with Crippen LogP contribution in [0.3, 0.4) is 0 Å². The largest absolute Gasteiger partial charge is 0.423 e. The molecular formula is C32H18BrCl2N3O4S. The van der Waals surface area contributed by atoms with E-state index in [1.807, 2.05) is 6.07 Å². The van der Waals surface area contributed by atoms with Gasteiger partial charge < -0.3 is 10.1 Å². The molecule has 0 aliphatic rings. The molecule has 212 valence electrons. The number of nitrogens with zero attached hydrogens (tertiary/aromatic N) is 2. The van der Waals surface area contributed by atoms with Gasteiger partial charge in [0.2, 0.25) is 0 Å². The minimum Gasteiger partial charge on any atom is -0.423 e. The van der Waals surface area contributed by atoms with Gasteiger partial charge in [-0.3, -0.25) is 14.2 Å². The Bertz CT molecular complexity index is 2070. The van der Waals surface area contributed by atoms with Crippen LogP contribution in [0.2, 0.25) is 10.0 Å². The van der Waals surface area contributed by atoms with Crippen LogP contribution in [0, 0.1) is 11.3 Å². The minimum absolute atomic E-state index is 0.155. The molecule has 43 heavy (non-hydrogen) atoms. The Balaban J connectivity index is 1.53. The third-order valence-electron chi connectivity index (χ3n) is 6.04. The highest BCUT2D eigenvalue weighted by molar-refractivity contribution is 9.10. The van der Waals surface area contributed by atoms with Gasteiger partial charge in [-0.15, -0.1) is 11.3 Å². The molecule has 1 heterocycles. The van der Waals surface area contributed by atoms with Crippen LogP contribution in [-0.4, -0.2) is 16.4 Å². The molecule has 7 nitrogen and oxygen atoms in total. The van der Waals surface area contributed by atoms with Gasteiger partial charge in [-0.05, 0) is 78.4 Å². The number of anilines is 1. The average Bonchev–Trinajstić information content (AvgIpc) is 3.32. The molecular weight excluding hydrogens is 673 g/mol. The van der Waals surface area contributed by atoms with Crippen LogP contribution in [-0.2, 0) is 4.79 Å².